The Morgan fingerprint density at radius 3 is 1.16 bits per heavy atom. The Bertz CT molecular complexity index is 3280. The molecule has 11 aromatic rings. The van der Waals surface area contributed by atoms with Gasteiger partial charge in [0.2, 0.25) is 0 Å². The summed E-state index contributed by atoms with van der Waals surface area (Å²) in [6, 6.07) is 75.9. The van der Waals surface area contributed by atoms with Crippen LogP contribution in [0.15, 0.2) is 219 Å². The van der Waals surface area contributed by atoms with Gasteiger partial charge in [-0.05, 0) is 115 Å². The molecule has 9 aromatic carbocycles. The van der Waals surface area contributed by atoms with Crippen LogP contribution in [0, 0.1) is 6.92 Å². The number of aromatic nitrogens is 3. The number of nitrogens with zero attached hydrogens (tertiary/aromatic N) is 3. The normalized spacial score (nSPS) is 11.4. The van der Waals surface area contributed by atoms with Gasteiger partial charge in [-0.25, -0.2) is 9.97 Å². The van der Waals surface area contributed by atoms with Gasteiger partial charge in [0.1, 0.15) is 0 Å². The van der Waals surface area contributed by atoms with Crippen molar-refractivity contribution in [3.05, 3.63) is 224 Å². The molecule has 0 amide bonds. The summed E-state index contributed by atoms with van der Waals surface area (Å²) in [5.74, 6) is 0.682. The standard InChI is InChI=1S/C58H39N3/c1-38-20-21-46(37-59-38)41-26-22-39(23-27-41)40-24-28-42(29-25-40)47-32-48(45-30-31-54-52-18-9-8-16-50(52)51-17-10-11-19-53(51)55(54)35-45)34-49(33-47)58-60-56(43-12-4-2-5-13-43)36-57(61-58)44-14-6-3-7-15-44/h2-37H,1H3. The van der Waals surface area contributed by atoms with E-state index in [4.69, 9.17) is 9.97 Å². The molecule has 0 fully saturated rings. The van der Waals surface area contributed by atoms with E-state index < -0.39 is 0 Å². The smallest absolute Gasteiger partial charge is 0.160 e. The molecule has 0 saturated carbocycles. The van der Waals surface area contributed by atoms with E-state index in [0.717, 1.165) is 72.7 Å². The summed E-state index contributed by atoms with van der Waals surface area (Å²) >= 11 is 0. The van der Waals surface area contributed by atoms with Crippen LogP contribution in [0.5, 0.6) is 0 Å². The van der Waals surface area contributed by atoms with Crippen LogP contribution >= 0.6 is 0 Å². The second kappa shape index (κ2) is 15.3. The number of fused-ring (bicyclic) bond motifs is 6. The fourth-order valence-corrected chi connectivity index (χ4v) is 8.62. The molecule has 0 radical (unpaired) electrons. The first-order valence-corrected chi connectivity index (χ1v) is 20.7. The van der Waals surface area contributed by atoms with Crippen molar-refractivity contribution < 1.29 is 0 Å². The first-order chi connectivity index (χ1) is 30.1. The minimum Gasteiger partial charge on any atom is -0.261 e. The van der Waals surface area contributed by atoms with Crippen molar-refractivity contribution in [1.29, 1.82) is 0 Å². The van der Waals surface area contributed by atoms with Crippen molar-refractivity contribution in [3.63, 3.8) is 0 Å². The summed E-state index contributed by atoms with van der Waals surface area (Å²) in [5.41, 5.74) is 14.9. The van der Waals surface area contributed by atoms with E-state index in [1.807, 2.05) is 25.3 Å². The first-order valence-electron chi connectivity index (χ1n) is 20.7. The highest BCUT2D eigenvalue weighted by Crippen LogP contribution is 2.40. The zero-order valence-corrected chi connectivity index (χ0v) is 33.6. The SMILES string of the molecule is Cc1ccc(-c2ccc(-c3ccc(-c4cc(-c5ccc6c7ccccc7c7ccccc7c6c5)cc(-c5nc(-c6ccccc6)cc(-c6ccccc6)n5)c4)cc3)cc2)cn1. The van der Waals surface area contributed by atoms with Crippen molar-refractivity contribution in [3.8, 4) is 78.4 Å². The lowest BCUT2D eigenvalue weighted by atomic mass is 9.90. The third-order valence-electron chi connectivity index (χ3n) is 11.8. The molecule has 0 N–H and O–H groups in total. The number of hydrogen-bond donors (Lipinski definition) is 0. The average Bonchev–Trinajstić information content (AvgIpc) is 3.34. The lowest BCUT2D eigenvalue weighted by Gasteiger charge is -2.15. The van der Waals surface area contributed by atoms with Crippen LogP contribution in [-0.4, -0.2) is 15.0 Å². The highest BCUT2D eigenvalue weighted by atomic mass is 14.9. The molecule has 286 valence electrons. The molecule has 2 aromatic heterocycles. The van der Waals surface area contributed by atoms with Gasteiger partial charge in [0, 0.05) is 34.1 Å². The molecule has 2 heterocycles. The van der Waals surface area contributed by atoms with Crippen molar-refractivity contribution >= 4 is 32.3 Å². The zero-order valence-electron chi connectivity index (χ0n) is 33.6. The molecule has 61 heavy (non-hydrogen) atoms. The average molecular weight is 778 g/mol. The molecular formula is C58H39N3. The lowest BCUT2D eigenvalue weighted by Crippen LogP contribution is -1.97. The van der Waals surface area contributed by atoms with Crippen molar-refractivity contribution in [1.82, 2.24) is 15.0 Å². The third-order valence-corrected chi connectivity index (χ3v) is 11.8. The highest BCUT2D eigenvalue weighted by molar-refractivity contribution is 6.25. The van der Waals surface area contributed by atoms with Gasteiger partial charge >= 0.3 is 0 Å². The second-order valence-electron chi connectivity index (χ2n) is 15.7. The van der Waals surface area contributed by atoms with Gasteiger partial charge < -0.3 is 0 Å². The van der Waals surface area contributed by atoms with Gasteiger partial charge in [0.05, 0.1) is 11.4 Å². The van der Waals surface area contributed by atoms with Gasteiger partial charge in [-0.15, -0.1) is 0 Å². The number of hydrogen-bond acceptors (Lipinski definition) is 3. The summed E-state index contributed by atoms with van der Waals surface area (Å²) in [7, 11) is 0. The van der Waals surface area contributed by atoms with E-state index in [-0.39, 0.29) is 0 Å². The van der Waals surface area contributed by atoms with Gasteiger partial charge in [-0.2, -0.15) is 0 Å². The number of aryl methyl sites for hydroxylation is 1. The maximum atomic E-state index is 5.27. The summed E-state index contributed by atoms with van der Waals surface area (Å²) in [6.07, 6.45) is 1.94. The molecule has 0 saturated heterocycles. The lowest BCUT2D eigenvalue weighted by molar-refractivity contribution is 1.18. The van der Waals surface area contributed by atoms with Crippen LogP contribution in [0.1, 0.15) is 5.69 Å². The van der Waals surface area contributed by atoms with Gasteiger partial charge in [0.25, 0.3) is 0 Å². The molecule has 0 aliphatic carbocycles. The van der Waals surface area contributed by atoms with Crippen LogP contribution in [0.4, 0.5) is 0 Å². The van der Waals surface area contributed by atoms with E-state index in [2.05, 4.69) is 205 Å². The summed E-state index contributed by atoms with van der Waals surface area (Å²) in [6.45, 7) is 2.01. The van der Waals surface area contributed by atoms with Crippen molar-refractivity contribution in [2.75, 3.05) is 0 Å². The van der Waals surface area contributed by atoms with Crippen LogP contribution < -0.4 is 0 Å². The molecule has 0 aliphatic heterocycles. The minimum absolute atomic E-state index is 0.682. The molecule has 3 heteroatoms. The highest BCUT2D eigenvalue weighted by Gasteiger charge is 2.16. The fourth-order valence-electron chi connectivity index (χ4n) is 8.62. The number of rotatable bonds is 7. The van der Waals surface area contributed by atoms with Crippen LogP contribution in [0.2, 0.25) is 0 Å². The van der Waals surface area contributed by atoms with Crippen LogP contribution in [-0.2, 0) is 0 Å². The maximum absolute atomic E-state index is 5.27. The monoisotopic (exact) mass is 777 g/mol. The maximum Gasteiger partial charge on any atom is 0.160 e. The Kier molecular flexibility index (Phi) is 9.05. The number of pyridine rings is 1. The molecule has 0 spiro atoms. The third kappa shape index (κ3) is 6.92. The molecule has 0 atom stereocenters. The van der Waals surface area contributed by atoms with Crippen LogP contribution in [0.3, 0.4) is 0 Å². The van der Waals surface area contributed by atoms with E-state index in [1.54, 1.807) is 0 Å². The summed E-state index contributed by atoms with van der Waals surface area (Å²) in [5, 5.41) is 7.54. The minimum atomic E-state index is 0.682. The van der Waals surface area contributed by atoms with Crippen molar-refractivity contribution in [2.24, 2.45) is 0 Å². The van der Waals surface area contributed by atoms with E-state index >= 15 is 0 Å². The Labute approximate surface area is 355 Å². The molecule has 11 rings (SSSR count). The topological polar surface area (TPSA) is 38.7 Å². The first kappa shape index (κ1) is 36.1. The molecule has 0 unspecified atom stereocenters. The predicted octanol–water partition coefficient (Wildman–Crippen LogP) is 15.3. The predicted molar refractivity (Wildman–Crippen MR) is 255 cm³/mol. The van der Waals surface area contributed by atoms with Crippen molar-refractivity contribution in [2.45, 2.75) is 6.92 Å². The van der Waals surface area contributed by atoms with Gasteiger partial charge in [0.15, 0.2) is 5.82 Å². The zero-order chi connectivity index (χ0) is 40.7. The van der Waals surface area contributed by atoms with Gasteiger partial charge in [-0.1, -0.05) is 176 Å². The van der Waals surface area contributed by atoms with E-state index in [1.165, 1.54) is 37.9 Å². The second-order valence-corrected chi connectivity index (χ2v) is 15.7. The molecule has 3 nitrogen and oxygen atoms in total. The summed E-state index contributed by atoms with van der Waals surface area (Å²) in [4.78, 5) is 15.0. The van der Waals surface area contributed by atoms with E-state index in [9.17, 15) is 0 Å². The molecular weight excluding hydrogens is 739 g/mol. The fraction of sp³-hybridized carbons (Fsp3) is 0.0172. The Morgan fingerprint density at radius 1 is 0.262 bits per heavy atom. The Hall–Kier alpha value is -8.01. The summed E-state index contributed by atoms with van der Waals surface area (Å²) < 4.78 is 0. The largest absolute Gasteiger partial charge is 0.261 e. The molecule has 0 aliphatic rings. The quantitative estimate of drug-likeness (QED) is 0.151. The number of benzene rings is 9. The van der Waals surface area contributed by atoms with Gasteiger partial charge in [-0.3, -0.25) is 4.98 Å². The van der Waals surface area contributed by atoms with Crippen LogP contribution in [0.25, 0.3) is 111 Å². The molecule has 0 bridgehead atoms. The Balaban J connectivity index is 1.07. The Morgan fingerprint density at radius 2 is 0.656 bits per heavy atom. The van der Waals surface area contributed by atoms with E-state index in [0.29, 0.717) is 5.82 Å².